The molecule has 5 rings (SSSR count). The molecule has 2 aromatic heterocycles. The van der Waals surface area contributed by atoms with Crippen LogP contribution in [0.5, 0.6) is 0 Å². The summed E-state index contributed by atoms with van der Waals surface area (Å²) in [5.41, 5.74) is 0.892. The zero-order valence-corrected chi connectivity index (χ0v) is 19.8. The van der Waals surface area contributed by atoms with Gasteiger partial charge in [0.15, 0.2) is 0 Å². The van der Waals surface area contributed by atoms with Gasteiger partial charge in [-0.15, -0.1) is 23.1 Å². The lowest BCUT2D eigenvalue weighted by molar-refractivity contribution is -0.126. The van der Waals surface area contributed by atoms with E-state index in [4.69, 9.17) is 0 Å². The average molecular weight is 480 g/mol. The maximum Gasteiger partial charge on any atom is 0.275 e. The lowest BCUT2D eigenvalue weighted by atomic mass is 9.93. The maximum absolute atomic E-state index is 13.8. The summed E-state index contributed by atoms with van der Waals surface area (Å²) in [6, 6.07) is 17.6. The summed E-state index contributed by atoms with van der Waals surface area (Å²) in [6.45, 7) is 2.38. The monoisotopic (exact) mass is 479 g/mol. The van der Waals surface area contributed by atoms with Crippen LogP contribution >= 0.6 is 23.1 Å². The molecule has 0 unspecified atom stereocenters. The summed E-state index contributed by atoms with van der Waals surface area (Å²) in [7, 11) is 0. The number of anilines is 1. The Balaban J connectivity index is 1.56. The molecule has 0 fully saturated rings. The lowest BCUT2D eigenvalue weighted by Gasteiger charge is -2.44. The minimum atomic E-state index is -1.16. The van der Waals surface area contributed by atoms with E-state index < -0.39 is 5.54 Å². The van der Waals surface area contributed by atoms with Crippen LogP contribution in [0.25, 0.3) is 10.2 Å². The molecule has 0 saturated heterocycles. The Hall–Kier alpha value is -3.10. The van der Waals surface area contributed by atoms with Gasteiger partial charge in [-0.25, -0.2) is 4.39 Å². The first kappa shape index (κ1) is 21.7. The molecule has 1 aliphatic rings. The van der Waals surface area contributed by atoms with Crippen LogP contribution in [0.3, 0.4) is 0 Å². The van der Waals surface area contributed by atoms with Crippen molar-refractivity contribution >= 4 is 50.8 Å². The first-order valence-electron chi connectivity index (χ1n) is 10.5. The normalized spacial score (nSPS) is 17.9. The Morgan fingerprint density at radius 3 is 2.73 bits per heavy atom. The lowest BCUT2D eigenvalue weighted by Crippen LogP contribution is -2.64. The molecular formula is C25H22FN3O2S2. The molecule has 0 saturated carbocycles. The quantitative estimate of drug-likeness (QED) is 0.395. The Labute approximate surface area is 199 Å². The highest BCUT2D eigenvalue weighted by molar-refractivity contribution is 7.98. The van der Waals surface area contributed by atoms with E-state index in [2.05, 4.69) is 5.32 Å². The molecule has 0 bridgehead atoms. The van der Waals surface area contributed by atoms with Gasteiger partial charge in [0, 0.05) is 22.5 Å². The Kier molecular flexibility index (Phi) is 5.50. The first-order valence-corrected chi connectivity index (χ1v) is 12.6. The molecule has 5 nitrogen and oxygen atoms in total. The van der Waals surface area contributed by atoms with E-state index in [0.29, 0.717) is 17.9 Å². The van der Waals surface area contributed by atoms with Crippen LogP contribution in [0.15, 0.2) is 70.9 Å². The molecule has 1 N–H and O–H groups in total. The number of amides is 2. The summed E-state index contributed by atoms with van der Waals surface area (Å²) in [5, 5.41) is 5.96. The minimum Gasteiger partial charge on any atom is -0.350 e. The van der Waals surface area contributed by atoms with Crippen molar-refractivity contribution in [3.05, 3.63) is 83.1 Å². The Bertz CT molecular complexity index is 1360. The van der Waals surface area contributed by atoms with Crippen LogP contribution < -0.4 is 10.2 Å². The van der Waals surface area contributed by atoms with Crippen LogP contribution in [0, 0.1) is 5.82 Å². The van der Waals surface area contributed by atoms with Crippen LogP contribution in [-0.4, -0.2) is 28.2 Å². The molecule has 33 heavy (non-hydrogen) atoms. The first-order chi connectivity index (χ1) is 15.9. The number of hydrogen-bond acceptors (Lipinski definition) is 4. The molecule has 168 valence electrons. The summed E-state index contributed by atoms with van der Waals surface area (Å²) in [5.74, 6) is -0.795. The number of carbonyl (C=O) groups excluding carboxylic acids is 2. The van der Waals surface area contributed by atoms with E-state index >= 15 is 0 Å². The summed E-state index contributed by atoms with van der Waals surface area (Å²) in [6.07, 6.45) is 1.98. The van der Waals surface area contributed by atoms with E-state index in [1.54, 1.807) is 47.1 Å². The third kappa shape index (κ3) is 3.73. The van der Waals surface area contributed by atoms with E-state index in [1.807, 2.05) is 52.6 Å². The zero-order valence-electron chi connectivity index (χ0n) is 18.2. The predicted octanol–water partition coefficient (Wildman–Crippen LogP) is 5.30. The number of halogens is 1. The van der Waals surface area contributed by atoms with Crippen molar-refractivity contribution in [2.24, 2.45) is 0 Å². The van der Waals surface area contributed by atoms with Crippen molar-refractivity contribution < 1.29 is 14.0 Å². The molecule has 8 heteroatoms. The number of benzene rings is 2. The van der Waals surface area contributed by atoms with Crippen LogP contribution in [0.4, 0.5) is 10.1 Å². The third-order valence-corrected chi connectivity index (χ3v) is 7.73. The Morgan fingerprint density at radius 1 is 1.18 bits per heavy atom. The number of carbonyl (C=O) groups is 2. The molecule has 0 radical (unpaired) electrons. The molecule has 3 heterocycles. The highest BCUT2D eigenvalue weighted by atomic mass is 32.2. The van der Waals surface area contributed by atoms with Crippen molar-refractivity contribution in [2.75, 3.05) is 11.2 Å². The fraction of sp³-hybridized carbons (Fsp3) is 0.200. The fourth-order valence-corrected chi connectivity index (χ4v) is 5.68. The van der Waals surface area contributed by atoms with E-state index in [-0.39, 0.29) is 24.2 Å². The smallest absolute Gasteiger partial charge is 0.275 e. The minimum absolute atomic E-state index is 0.206. The summed E-state index contributed by atoms with van der Waals surface area (Å²) >= 11 is 3.14. The van der Waals surface area contributed by atoms with Crippen molar-refractivity contribution in [1.29, 1.82) is 0 Å². The number of rotatable bonds is 5. The molecule has 0 aliphatic carbocycles. The van der Waals surface area contributed by atoms with Crippen LogP contribution in [0.1, 0.15) is 23.0 Å². The second kappa shape index (κ2) is 8.35. The maximum atomic E-state index is 13.8. The van der Waals surface area contributed by atoms with Gasteiger partial charge in [-0.1, -0.05) is 18.2 Å². The molecular weight excluding hydrogens is 457 g/mol. The number of nitrogens with zero attached hydrogens (tertiary/aromatic N) is 2. The van der Waals surface area contributed by atoms with Crippen molar-refractivity contribution in [2.45, 2.75) is 30.4 Å². The summed E-state index contributed by atoms with van der Waals surface area (Å²) in [4.78, 5) is 31.1. The SMILES string of the molecule is CSc1cccc(N2C(=O)c3cc4ccsc4n3C[C@@]2(C)C(=O)NCc2ccc(F)cc2)c1. The second-order valence-corrected chi connectivity index (χ2v) is 10.00. The molecule has 2 aromatic carbocycles. The van der Waals surface area contributed by atoms with Gasteiger partial charge in [-0.3, -0.25) is 14.5 Å². The van der Waals surface area contributed by atoms with Crippen LogP contribution in [0.2, 0.25) is 0 Å². The van der Waals surface area contributed by atoms with Gasteiger partial charge in [-0.2, -0.15) is 0 Å². The van der Waals surface area contributed by atoms with E-state index in [9.17, 15) is 14.0 Å². The standard InChI is InChI=1S/C25H22FN3O2S2/c1-25(24(31)27-14-16-6-8-18(26)9-7-16)15-28-21(12-17-10-11-33-23(17)28)22(30)29(25)19-4-3-5-20(13-19)32-2/h3-13H,14-15H2,1-2H3,(H,27,31)/t25-/m0/s1. The topological polar surface area (TPSA) is 54.3 Å². The highest BCUT2D eigenvalue weighted by Crippen LogP contribution is 2.38. The summed E-state index contributed by atoms with van der Waals surface area (Å²) < 4.78 is 15.2. The second-order valence-electron chi connectivity index (χ2n) is 8.22. The number of thioether (sulfide) groups is 1. The molecule has 4 aromatic rings. The highest BCUT2D eigenvalue weighted by Gasteiger charge is 2.48. The number of aromatic nitrogens is 1. The number of fused-ring (bicyclic) bond motifs is 3. The number of hydrogen-bond donors (Lipinski definition) is 1. The molecule has 0 spiro atoms. The van der Waals surface area contributed by atoms with Gasteiger partial charge >= 0.3 is 0 Å². The predicted molar refractivity (Wildman–Crippen MR) is 131 cm³/mol. The Morgan fingerprint density at radius 2 is 1.97 bits per heavy atom. The van der Waals surface area contributed by atoms with E-state index in [1.165, 1.54) is 12.1 Å². The third-order valence-electron chi connectivity index (χ3n) is 6.05. The van der Waals surface area contributed by atoms with Crippen molar-refractivity contribution in [3.63, 3.8) is 0 Å². The largest absolute Gasteiger partial charge is 0.350 e. The number of thiophene rings is 1. The molecule has 2 amide bonds. The van der Waals surface area contributed by atoms with Crippen molar-refractivity contribution in [1.82, 2.24) is 9.88 Å². The molecule has 1 aliphatic heterocycles. The van der Waals surface area contributed by atoms with Gasteiger partial charge < -0.3 is 9.88 Å². The van der Waals surface area contributed by atoms with Crippen LogP contribution in [-0.2, 0) is 17.9 Å². The van der Waals surface area contributed by atoms with Gasteiger partial charge in [0.25, 0.3) is 5.91 Å². The van der Waals surface area contributed by atoms with Gasteiger partial charge in [-0.05, 0) is 66.6 Å². The van der Waals surface area contributed by atoms with Gasteiger partial charge in [0.05, 0.1) is 6.54 Å². The van der Waals surface area contributed by atoms with Gasteiger partial charge in [0.2, 0.25) is 5.91 Å². The average Bonchev–Trinajstić information content (AvgIpc) is 3.41. The van der Waals surface area contributed by atoms with Gasteiger partial charge in [0.1, 0.15) is 21.9 Å². The van der Waals surface area contributed by atoms with E-state index in [0.717, 1.165) is 20.7 Å². The van der Waals surface area contributed by atoms with Crippen molar-refractivity contribution in [3.8, 4) is 0 Å². The fourth-order valence-electron chi connectivity index (χ4n) is 4.33. The zero-order chi connectivity index (χ0) is 23.2. The number of nitrogens with one attached hydrogen (secondary N) is 1. The molecule has 1 atom stereocenters.